The summed E-state index contributed by atoms with van der Waals surface area (Å²) in [6, 6.07) is 9.25. The molecule has 0 spiro atoms. The molecule has 2 amide bonds. The first-order chi connectivity index (χ1) is 14.0. The molecule has 1 fully saturated rings. The molecular weight excluding hydrogens is 382 g/mol. The number of rotatable bonds is 4. The topological polar surface area (TPSA) is 80.5 Å². The molecule has 0 radical (unpaired) electrons. The summed E-state index contributed by atoms with van der Waals surface area (Å²) in [5, 5.41) is 6.47. The van der Waals surface area contributed by atoms with Gasteiger partial charge in [0.1, 0.15) is 23.4 Å². The van der Waals surface area contributed by atoms with Gasteiger partial charge in [0.2, 0.25) is 11.7 Å². The molecule has 1 atom stereocenters. The SMILES string of the molecule is COc1ccc(-c2noc([C@@H]3CCCN3C(=O)Nc3ccc(F)cc3F)n2)cc1. The summed E-state index contributed by atoms with van der Waals surface area (Å²) in [4.78, 5) is 18.6. The van der Waals surface area contributed by atoms with Crippen LogP contribution in [-0.2, 0) is 0 Å². The van der Waals surface area contributed by atoms with Gasteiger partial charge >= 0.3 is 6.03 Å². The highest BCUT2D eigenvalue weighted by Gasteiger charge is 2.34. The molecule has 2 heterocycles. The van der Waals surface area contributed by atoms with Crippen molar-refractivity contribution in [1.82, 2.24) is 15.0 Å². The number of methoxy groups -OCH3 is 1. The largest absolute Gasteiger partial charge is 0.497 e. The number of aromatic nitrogens is 2. The summed E-state index contributed by atoms with van der Waals surface area (Å²) in [7, 11) is 1.58. The fourth-order valence-electron chi connectivity index (χ4n) is 3.27. The Kier molecular flexibility index (Phi) is 5.11. The van der Waals surface area contributed by atoms with Crippen LogP contribution in [0.25, 0.3) is 11.4 Å². The van der Waals surface area contributed by atoms with Gasteiger partial charge in [-0.3, -0.25) is 0 Å². The molecule has 150 valence electrons. The summed E-state index contributed by atoms with van der Waals surface area (Å²) in [5.74, 6) is -0.128. The van der Waals surface area contributed by atoms with E-state index < -0.39 is 23.7 Å². The van der Waals surface area contributed by atoms with Crippen molar-refractivity contribution in [3.8, 4) is 17.1 Å². The summed E-state index contributed by atoms with van der Waals surface area (Å²) in [6.07, 6.45) is 1.38. The first-order valence-electron chi connectivity index (χ1n) is 9.06. The van der Waals surface area contributed by atoms with Crippen LogP contribution in [0.5, 0.6) is 5.75 Å². The van der Waals surface area contributed by atoms with Crippen molar-refractivity contribution in [3.05, 3.63) is 60.0 Å². The lowest BCUT2D eigenvalue weighted by atomic mass is 10.2. The van der Waals surface area contributed by atoms with Crippen molar-refractivity contribution in [3.63, 3.8) is 0 Å². The van der Waals surface area contributed by atoms with E-state index in [0.717, 1.165) is 24.1 Å². The zero-order chi connectivity index (χ0) is 20.4. The van der Waals surface area contributed by atoms with Crippen LogP contribution in [0.2, 0.25) is 0 Å². The van der Waals surface area contributed by atoms with E-state index in [0.29, 0.717) is 30.4 Å². The van der Waals surface area contributed by atoms with Crippen LogP contribution >= 0.6 is 0 Å². The Morgan fingerprint density at radius 3 is 2.76 bits per heavy atom. The predicted octanol–water partition coefficient (Wildman–Crippen LogP) is 4.39. The molecule has 0 aliphatic carbocycles. The Morgan fingerprint density at radius 2 is 2.03 bits per heavy atom. The molecule has 0 bridgehead atoms. The summed E-state index contributed by atoms with van der Waals surface area (Å²) in [6.45, 7) is 0.458. The zero-order valence-electron chi connectivity index (χ0n) is 15.6. The lowest BCUT2D eigenvalue weighted by Crippen LogP contribution is -2.34. The first-order valence-corrected chi connectivity index (χ1v) is 9.06. The molecule has 1 N–H and O–H groups in total. The Bertz CT molecular complexity index is 1020. The van der Waals surface area contributed by atoms with Crippen molar-refractivity contribution in [2.24, 2.45) is 0 Å². The number of urea groups is 1. The normalized spacial score (nSPS) is 16.1. The Hall–Kier alpha value is -3.49. The quantitative estimate of drug-likeness (QED) is 0.702. The van der Waals surface area contributed by atoms with E-state index in [1.165, 1.54) is 11.0 Å². The van der Waals surface area contributed by atoms with Gasteiger partial charge in [0.25, 0.3) is 0 Å². The van der Waals surface area contributed by atoms with Crippen molar-refractivity contribution in [2.45, 2.75) is 18.9 Å². The van der Waals surface area contributed by atoms with E-state index >= 15 is 0 Å². The number of benzene rings is 2. The Morgan fingerprint density at radius 1 is 1.24 bits per heavy atom. The van der Waals surface area contributed by atoms with E-state index in [4.69, 9.17) is 9.26 Å². The van der Waals surface area contributed by atoms with Crippen LogP contribution in [0, 0.1) is 11.6 Å². The van der Waals surface area contributed by atoms with Crippen LogP contribution in [0.15, 0.2) is 47.0 Å². The molecule has 29 heavy (non-hydrogen) atoms. The monoisotopic (exact) mass is 400 g/mol. The summed E-state index contributed by atoms with van der Waals surface area (Å²) >= 11 is 0. The maximum Gasteiger partial charge on any atom is 0.322 e. The zero-order valence-corrected chi connectivity index (χ0v) is 15.6. The van der Waals surface area contributed by atoms with E-state index in [1.807, 2.05) is 12.1 Å². The van der Waals surface area contributed by atoms with Crippen molar-refractivity contribution in [1.29, 1.82) is 0 Å². The van der Waals surface area contributed by atoms with Gasteiger partial charge in [-0.25, -0.2) is 13.6 Å². The Balaban J connectivity index is 1.50. The van der Waals surface area contributed by atoms with Gasteiger partial charge < -0.3 is 19.5 Å². The van der Waals surface area contributed by atoms with Crippen molar-refractivity contribution >= 4 is 11.7 Å². The smallest absolute Gasteiger partial charge is 0.322 e. The molecule has 2 aromatic carbocycles. The molecule has 0 saturated carbocycles. The molecule has 9 heteroatoms. The van der Waals surface area contributed by atoms with E-state index in [-0.39, 0.29) is 5.69 Å². The third kappa shape index (κ3) is 3.89. The van der Waals surface area contributed by atoms with Crippen LogP contribution in [-0.4, -0.2) is 34.7 Å². The maximum atomic E-state index is 13.8. The molecule has 4 rings (SSSR count). The number of likely N-dealkylation sites (tertiary alicyclic amines) is 1. The lowest BCUT2D eigenvalue weighted by Gasteiger charge is -2.22. The molecule has 3 aromatic rings. The average Bonchev–Trinajstić information content (AvgIpc) is 3.39. The number of hydrogen-bond acceptors (Lipinski definition) is 5. The molecule has 1 aliphatic heterocycles. The highest BCUT2D eigenvalue weighted by atomic mass is 19.1. The molecule has 0 unspecified atom stereocenters. The van der Waals surface area contributed by atoms with Gasteiger partial charge in [0.15, 0.2) is 0 Å². The number of anilines is 1. The number of carbonyl (C=O) groups excluding carboxylic acids is 1. The van der Waals surface area contributed by atoms with Gasteiger partial charge in [0, 0.05) is 18.2 Å². The number of amides is 2. The van der Waals surface area contributed by atoms with Crippen LogP contribution < -0.4 is 10.1 Å². The maximum absolute atomic E-state index is 13.8. The van der Waals surface area contributed by atoms with Gasteiger partial charge in [-0.05, 0) is 49.2 Å². The summed E-state index contributed by atoms with van der Waals surface area (Å²) in [5.41, 5.74) is 0.662. The van der Waals surface area contributed by atoms with E-state index in [2.05, 4.69) is 15.5 Å². The highest BCUT2D eigenvalue weighted by Crippen LogP contribution is 2.33. The molecular formula is C20H18F2N4O3. The average molecular weight is 400 g/mol. The Labute approximate surface area is 165 Å². The fourth-order valence-corrected chi connectivity index (χ4v) is 3.27. The van der Waals surface area contributed by atoms with Crippen LogP contribution in [0.1, 0.15) is 24.8 Å². The summed E-state index contributed by atoms with van der Waals surface area (Å²) < 4.78 is 37.4. The van der Waals surface area contributed by atoms with E-state index in [9.17, 15) is 13.6 Å². The second-order valence-electron chi connectivity index (χ2n) is 6.59. The van der Waals surface area contributed by atoms with Crippen LogP contribution in [0.4, 0.5) is 19.3 Å². The van der Waals surface area contributed by atoms with Crippen molar-refractivity contribution < 1.29 is 22.8 Å². The first kappa shape index (κ1) is 18.9. The predicted molar refractivity (Wildman–Crippen MR) is 100 cm³/mol. The standard InChI is InChI=1S/C20H18F2N4O3/c1-28-14-7-4-12(5-8-14)18-24-19(29-25-18)17-3-2-10-26(17)20(27)23-16-9-6-13(21)11-15(16)22/h4-9,11,17H,2-3,10H2,1H3,(H,23,27)/t17-/m0/s1. The number of hydrogen-bond donors (Lipinski definition) is 1. The second kappa shape index (κ2) is 7.86. The van der Waals surface area contributed by atoms with E-state index in [1.54, 1.807) is 19.2 Å². The molecule has 1 aliphatic rings. The number of ether oxygens (including phenoxy) is 1. The number of carbonyl (C=O) groups is 1. The third-order valence-electron chi connectivity index (χ3n) is 4.76. The fraction of sp³-hybridized carbons (Fsp3) is 0.250. The molecule has 1 aromatic heterocycles. The molecule has 7 nitrogen and oxygen atoms in total. The van der Waals surface area contributed by atoms with Crippen molar-refractivity contribution in [2.75, 3.05) is 19.0 Å². The van der Waals surface area contributed by atoms with Gasteiger partial charge in [-0.1, -0.05) is 5.16 Å². The van der Waals surface area contributed by atoms with Gasteiger partial charge in [0.05, 0.1) is 12.8 Å². The minimum atomic E-state index is -0.839. The van der Waals surface area contributed by atoms with Gasteiger partial charge in [-0.2, -0.15) is 4.98 Å². The number of nitrogens with zero attached hydrogens (tertiary/aromatic N) is 3. The lowest BCUT2D eigenvalue weighted by molar-refractivity contribution is 0.193. The number of nitrogens with one attached hydrogen (secondary N) is 1. The van der Waals surface area contributed by atoms with Gasteiger partial charge in [-0.15, -0.1) is 0 Å². The minimum absolute atomic E-state index is 0.0912. The minimum Gasteiger partial charge on any atom is -0.497 e. The highest BCUT2D eigenvalue weighted by molar-refractivity contribution is 5.89. The van der Waals surface area contributed by atoms with Crippen LogP contribution in [0.3, 0.4) is 0 Å². The third-order valence-corrected chi connectivity index (χ3v) is 4.76. The number of halogens is 2. The molecule has 1 saturated heterocycles. The second-order valence-corrected chi connectivity index (χ2v) is 6.59.